The number of benzene rings is 2. The summed E-state index contributed by atoms with van der Waals surface area (Å²) in [6.07, 6.45) is 0. The van der Waals surface area contributed by atoms with Gasteiger partial charge in [-0.1, -0.05) is 23.7 Å². The molecule has 0 radical (unpaired) electrons. The number of carbonyl (C=O) groups is 1. The van der Waals surface area contributed by atoms with Gasteiger partial charge in [0.1, 0.15) is 0 Å². The van der Waals surface area contributed by atoms with Gasteiger partial charge < -0.3 is 16.4 Å². The van der Waals surface area contributed by atoms with Crippen LogP contribution in [0.4, 0.5) is 21.3 Å². The molecule has 5 nitrogen and oxygen atoms in total. The van der Waals surface area contributed by atoms with Gasteiger partial charge in [0.25, 0.3) is 0 Å². The first kappa shape index (κ1) is 15.3. The average molecular weight is 345 g/mol. The van der Waals surface area contributed by atoms with Gasteiger partial charge in [0.15, 0.2) is 5.13 Å². The monoisotopic (exact) mass is 344 g/mol. The lowest BCUT2D eigenvalue weighted by Gasteiger charge is -2.08. The van der Waals surface area contributed by atoms with Crippen LogP contribution in [0.15, 0.2) is 53.9 Å². The quantitative estimate of drug-likeness (QED) is 0.644. The van der Waals surface area contributed by atoms with Crippen LogP contribution in [0, 0.1) is 0 Å². The highest BCUT2D eigenvalue weighted by Crippen LogP contribution is 2.25. The second-order valence-corrected chi connectivity index (χ2v) is 6.06. The number of nitrogen functional groups attached to an aromatic ring is 1. The summed E-state index contributed by atoms with van der Waals surface area (Å²) in [5.74, 6) is 0. The third kappa shape index (κ3) is 4.00. The van der Waals surface area contributed by atoms with Crippen molar-refractivity contribution in [1.29, 1.82) is 0 Å². The van der Waals surface area contributed by atoms with E-state index in [0.29, 0.717) is 21.5 Å². The number of thiazole rings is 1. The average Bonchev–Trinajstić information content (AvgIpc) is 2.96. The van der Waals surface area contributed by atoms with Crippen LogP contribution in [-0.2, 0) is 0 Å². The van der Waals surface area contributed by atoms with Crippen LogP contribution in [0.2, 0.25) is 5.02 Å². The first-order valence-electron chi connectivity index (χ1n) is 6.75. The molecule has 0 bridgehead atoms. The lowest BCUT2D eigenvalue weighted by Crippen LogP contribution is -2.19. The maximum Gasteiger partial charge on any atom is 0.323 e. The Morgan fingerprint density at radius 1 is 1.09 bits per heavy atom. The summed E-state index contributed by atoms with van der Waals surface area (Å²) in [5.41, 5.74) is 8.66. The fourth-order valence-electron chi connectivity index (χ4n) is 2.00. The Morgan fingerprint density at radius 2 is 1.83 bits per heavy atom. The second kappa shape index (κ2) is 6.68. The van der Waals surface area contributed by atoms with Crippen LogP contribution in [0.1, 0.15) is 0 Å². The molecule has 23 heavy (non-hydrogen) atoms. The molecule has 0 spiro atoms. The molecule has 0 unspecified atom stereocenters. The van der Waals surface area contributed by atoms with Crippen molar-refractivity contribution in [2.45, 2.75) is 0 Å². The second-order valence-electron chi connectivity index (χ2n) is 4.74. The third-order valence-corrected chi connectivity index (χ3v) is 3.97. The summed E-state index contributed by atoms with van der Waals surface area (Å²) in [6.45, 7) is 0. The van der Waals surface area contributed by atoms with Crippen LogP contribution in [0.5, 0.6) is 0 Å². The highest BCUT2D eigenvalue weighted by molar-refractivity contribution is 7.13. The Bertz CT molecular complexity index is 832. The molecule has 2 amide bonds. The summed E-state index contributed by atoms with van der Waals surface area (Å²) < 4.78 is 0. The molecule has 0 atom stereocenters. The van der Waals surface area contributed by atoms with Gasteiger partial charge in [0.2, 0.25) is 0 Å². The lowest BCUT2D eigenvalue weighted by molar-refractivity contribution is 0.262. The number of nitrogens with one attached hydrogen (secondary N) is 2. The van der Waals surface area contributed by atoms with Crippen LogP contribution in [0.25, 0.3) is 11.3 Å². The summed E-state index contributed by atoms with van der Waals surface area (Å²) in [6, 6.07) is 14.0. The number of hydrogen-bond acceptors (Lipinski definition) is 4. The maximum atomic E-state index is 12.0. The zero-order valence-corrected chi connectivity index (χ0v) is 13.5. The van der Waals surface area contributed by atoms with Crippen LogP contribution in [0.3, 0.4) is 0 Å². The predicted octanol–water partition coefficient (Wildman–Crippen LogP) is 4.69. The van der Waals surface area contributed by atoms with E-state index in [-0.39, 0.29) is 6.03 Å². The Kier molecular flexibility index (Phi) is 4.45. The van der Waals surface area contributed by atoms with Crippen molar-refractivity contribution < 1.29 is 4.79 Å². The zero-order valence-electron chi connectivity index (χ0n) is 11.9. The molecular weight excluding hydrogens is 332 g/mol. The summed E-state index contributed by atoms with van der Waals surface area (Å²) in [5, 5.41) is 8.53. The molecule has 3 aromatic rings. The van der Waals surface area contributed by atoms with Crippen LogP contribution < -0.4 is 16.4 Å². The first-order valence-corrected chi connectivity index (χ1v) is 8.01. The van der Waals surface area contributed by atoms with E-state index >= 15 is 0 Å². The third-order valence-electron chi connectivity index (χ3n) is 3.04. The van der Waals surface area contributed by atoms with Gasteiger partial charge in [-0.2, -0.15) is 0 Å². The number of nitrogens with two attached hydrogens (primary N) is 1. The van der Waals surface area contributed by atoms with Crippen molar-refractivity contribution in [3.05, 3.63) is 58.9 Å². The Labute approximate surface area is 142 Å². The molecule has 1 aromatic heterocycles. The topological polar surface area (TPSA) is 80.0 Å². The maximum absolute atomic E-state index is 12.0. The molecule has 0 saturated carbocycles. The Morgan fingerprint density at radius 3 is 2.52 bits per heavy atom. The number of amides is 2. The van der Waals surface area contributed by atoms with Crippen molar-refractivity contribution in [2.24, 2.45) is 0 Å². The fraction of sp³-hybridized carbons (Fsp3) is 0. The molecule has 2 aromatic carbocycles. The van der Waals surface area contributed by atoms with Gasteiger partial charge in [-0.25, -0.2) is 9.78 Å². The van der Waals surface area contributed by atoms with E-state index in [1.54, 1.807) is 30.3 Å². The summed E-state index contributed by atoms with van der Waals surface area (Å²) >= 11 is 7.19. The largest absolute Gasteiger partial charge is 0.375 e. The Hall–Kier alpha value is -2.57. The standard InChI is InChI=1S/C16H13ClN4OS/c17-11-4-6-12(7-5-11)19-16(22)20-13-3-1-2-10(8-13)14-9-23-15(18)21-14/h1-9H,(H2,18,21)(H2,19,20,22). The zero-order chi connectivity index (χ0) is 16.2. The minimum absolute atomic E-state index is 0.331. The number of carbonyl (C=O) groups excluding carboxylic acids is 1. The predicted molar refractivity (Wildman–Crippen MR) is 96.1 cm³/mol. The number of rotatable bonds is 3. The molecule has 0 fully saturated rings. The summed E-state index contributed by atoms with van der Waals surface area (Å²) in [4.78, 5) is 16.3. The summed E-state index contributed by atoms with van der Waals surface area (Å²) in [7, 11) is 0. The normalized spacial score (nSPS) is 10.3. The number of urea groups is 1. The molecule has 0 aliphatic heterocycles. The molecule has 4 N–H and O–H groups in total. The number of anilines is 3. The van der Waals surface area contributed by atoms with Crippen molar-refractivity contribution in [2.75, 3.05) is 16.4 Å². The number of aromatic nitrogens is 1. The van der Waals surface area contributed by atoms with Gasteiger partial charge in [0, 0.05) is 27.3 Å². The highest BCUT2D eigenvalue weighted by atomic mass is 35.5. The number of hydrogen-bond donors (Lipinski definition) is 3. The minimum atomic E-state index is -0.331. The SMILES string of the molecule is Nc1nc(-c2cccc(NC(=O)Nc3ccc(Cl)cc3)c2)cs1. The molecular formula is C16H13ClN4OS. The lowest BCUT2D eigenvalue weighted by atomic mass is 10.1. The van der Waals surface area contributed by atoms with Crippen LogP contribution in [-0.4, -0.2) is 11.0 Å². The van der Waals surface area contributed by atoms with Crippen molar-refractivity contribution in [3.63, 3.8) is 0 Å². The van der Waals surface area contributed by atoms with Gasteiger partial charge >= 0.3 is 6.03 Å². The number of halogens is 1. The van der Waals surface area contributed by atoms with E-state index in [9.17, 15) is 4.79 Å². The van der Waals surface area contributed by atoms with Crippen molar-refractivity contribution in [1.82, 2.24) is 4.98 Å². The minimum Gasteiger partial charge on any atom is -0.375 e. The van der Waals surface area contributed by atoms with Gasteiger partial charge in [-0.05, 0) is 36.4 Å². The van der Waals surface area contributed by atoms with E-state index < -0.39 is 0 Å². The molecule has 116 valence electrons. The molecule has 0 aliphatic rings. The molecule has 0 saturated heterocycles. The number of nitrogens with zero attached hydrogens (tertiary/aromatic N) is 1. The van der Waals surface area contributed by atoms with E-state index in [2.05, 4.69) is 15.6 Å². The van der Waals surface area contributed by atoms with Crippen molar-refractivity contribution >= 4 is 45.5 Å². The van der Waals surface area contributed by atoms with Crippen molar-refractivity contribution in [3.8, 4) is 11.3 Å². The van der Waals surface area contributed by atoms with E-state index in [0.717, 1.165) is 11.3 Å². The molecule has 0 aliphatic carbocycles. The van der Waals surface area contributed by atoms with Gasteiger partial charge in [0.05, 0.1) is 5.69 Å². The smallest absolute Gasteiger partial charge is 0.323 e. The van der Waals surface area contributed by atoms with Gasteiger partial charge in [-0.15, -0.1) is 11.3 Å². The first-order chi connectivity index (χ1) is 11.1. The molecule has 3 rings (SSSR count). The van der Waals surface area contributed by atoms with E-state index in [1.165, 1.54) is 11.3 Å². The van der Waals surface area contributed by atoms with Crippen LogP contribution >= 0.6 is 22.9 Å². The van der Waals surface area contributed by atoms with Gasteiger partial charge in [-0.3, -0.25) is 0 Å². The molecule has 7 heteroatoms. The van der Waals surface area contributed by atoms with E-state index in [1.807, 2.05) is 23.6 Å². The Balaban J connectivity index is 1.70. The fourth-order valence-corrected chi connectivity index (χ4v) is 2.70. The molecule has 1 heterocycles. The van der Waals surface area contributed by atoms with E-state index in [4.69, 9.17) is 17.3 Å². The highest BCUT2D eigenvalue weighted by Gasteiger charge is 2.06.